The van der Waals surface area contributed by atoms with Gasteiger partial charge >= 0.3 is 5.97 Å². The molecule has 128 valence electrons. The van der Waals surface area contributed by atoms with Gasteiger partial charge in [-0.2, -0.15) is 0 Å². The van der Waals surface area contributed by atoms with Crippen LogP contribution in [0.25, 0.3) is 0 Å². The van der Waals surface area contributed by atoms with E-state index in [1.165, 1.54) is 12.1 Å². The summed E-state index contributed by atoms with van der Waals surface area (Å²) in [5, 5.41) is 8.78. The fourth-order valence-electron chi connectivity index (χ4n) is 2.13. The average Bonchev–Trinajstić information content (AvgIpc) is 2.51. The molecule has 1 N–H and O–H groups in total. The van der Waals surface area contributed by atoms with Crippen molar-refractivity contribution in [3.8, 4) is 0 Å². The van der Waals surface area contributed by atoms with Crippen molar-refractivity contribution in [1.82, 2.24) is 0 Å². The molecule has 0 heterocycles. The molecule has 8 heteroatoms. The van der Waals surface area contributed by atoms with Crippen LogP contribution in [0.2, 0.25) is 0 Å². The number of sulfonamides is 1. The number of anilines is 1. The van der Waals surface area contributed by atoms with Crippen LogP contribution in [0.4, 0.5) is 10.1 Å². The minimum Gasteiger partial charge on any atom is -0.481 e. The van der Waals surface area contributed by atoms with E-state index in [0.29, 0.717) is 5.69 Å². The van der Waals surface area contributed by atoms with Crippen LogP contribution >= 0.6 is 22.6 Å². The number of aliphatic carboxylic acids is 1. The summed E-state index contributed by atoms with van der Waals surface area (Å²) in [6.07, 6.45) is 0.0284. The molecule has 0 unspecified atom stereocenters. The third-order valence-electron chi connectivity index (χ3n) is 3.25. The molecule has 0 aliphatic heterocycles. The highest BCUT2D eigenvalue weighted by Crippen LogP contribution is 2.25. The summed E-state index contributed by atoms with van der Waals surface area (Å²) >= 11 is 2.07. The first-order valence-corrected chi connectivity index (χ1v) is 9.58. The molecule has 0 radical (unpaired) electrons. The Hall–Kier alpha value is -1.68. The number of hydrogen-bond donors (Lipinski definition) is 1. The Morgan fingerprint density at radius 1 is 1.17 bits per heavy atom. The lowest BCUT2D eigenvalue weighted by molar-refractivity contribution is -0.137. The van der Waals surface area contributed by atoms with E-state index >= 15 is 0 Å². The van der Waals surface area contributed by atoms with Crippen LogP contribution in [-0.2, 0) is 14.8 Å². The van der Waals surface area contributed by atoms with Crippen molar-refractivity contribution in [1.29, 1.82) is 0 Å². The first-order chi connectivity index (χ1) is 11.3. The number of hydrogen-bond acceptors (Lipinski definition) is 3. The largest absolute Gasteiger partial charge is 0.481 e. The molecule has 24 heavy (non-hydrogen) atoms. The highest BCUT2D eigenvalue weighted by molar-refractivity contribution is 14.1. The Labute approximate surface area is 153 Å². The first-order valence-electron chi connectivity index (χ1n) is 7.06. The molecule has 0 saturated carbocycles. The summed E-state index contributed by atoms with van der Waals surface area (Å²) < 4.78 is 40.8. The molecule has 0 amide bonds. The van der Waals surface area contributed by atoms with Crippen molar-refractivity contribution in [2.24, 2.45) is 0 Å². The monoisotopic (exact) mass is 463 g/mol. The minimum absolute atomic E-state index is 0.0199. The van der Waals surface area contributed by atoms with Crippen LogP contribution < -0.4 is 4.31 Å². The van der Waals surface area contributed by atoms with Crippen LogP contribution in [0.15, 0.2) is 53.4 Å². The number of carboxylic acids is 1. The fourth-order valence-corrected chi connectivity index (χ4v) is 4.15. The molecule has 2 rings (SSSR count). The Morgan fingerprint density at radius 2 is 1.83 bits per heavy atom. The van der Waals surface area contributed by atoms with Crippen molar-refractivity contribution in [3.63, 3.8) is 0 Å². The first kappa shape index (κ1) is 18.7. The van der Waals surface area contributed by atoms with Crippen LogP contribution in [0.5, 0.6) is 0 Å². The van der Waals surface area contributed by atoms with E-state index < -0.39 is 21.8 Å². The average molecular weight is 463 g/mol. The molecule has 5 nitrogen and oxygen atoms in total. The van der Waals surface area contributed by atoms with Gasteiger partial charge in [0.2, 0.25) is 0 Å². The normalized spacial score (nSPS) is 11.2. The summed E-state index contributed by atoms with van der Waals surface area (Å²) in [7, 11) is -3.92. The highest BCUT2D eigenvalue weighted by atomic mass is 127. The summed E-state index contributed by atoms with van der Waals surface area (Å²) in [5.41, 5.74) is 0.441. The maximum Gasteiger partial charge on any atom is 0.303 e. The molecular weight excluding hydrogens is 448 g/mol. The van der Waals surface area contributed by atoms with Crippen LogP contribution in [-0.4, -0.2) is 26.0 Å². The zero-order valence-corrected chi connectivity index (χ0v) is 15.5. The fraction of sp³-hybridized carbons (Fsp3) is 0.188. The lowest BCUT2D eigenvalue weighted by Crippen LogP contribution is -2.32. The summed E-state index contributed by atoms with van der Waals surface area (Å²) in [6, 6.07) is 11.4. The molecule has 0 spiro atoms. The van der Waals surface area contributed by atoms with Gasteiger partial charge in [0.1, 0.15) is 5.82 Å². The molecule has 2 aromatic rings. The van der Waals surface area contributed by atoms with Gasteiger partial charge in [-0.1, -0.05) is 6.07 Å². The maximum atomic E-state index is 13.1. The second-order valence-electron chi connectivity index (χ2n) is 5.01. The molecule has 0 fully saturated rings. The molecule has 0 bridgehead atoms. The predicted molar refractivity (Wildman–Crippen MR) is 97.0 cm³/mol. The highest BCUT2D eigenvalue weighted by Gasteiger charge is 2.25. The third-order valence-corrected chi connectivity index (χ3v) is 5.76. The molecule has 0 aliphatic carbocycles. The van der Waals surface area contributed by atoms with Gasteiger partial charge in [-0.3, -0.25) is 9.10 Å². The van der Waals surface area contributed by atoms with Gasteiger partial charge in [0.05, 0.1) is 10.6 Å². The van der Waals surface area contributed by atoms with Crippen molar-refractivity contribution < 1.29 is 22.7 Å². The molecule has 0 saturated heterocycles. The third kappa shape index (κ3) is 4.67. The van der Waals surface area contributed by atoms with Crippen LogP contribution in [0.1, 0.15) is 12.8 Å². The number of nitrogens with zero attached hydrogens (tertiary/aromatic N) is 1. The van der Waals surface area contributed by atoms with Crippen LogP contribution in [0, 0.1) is 9.39 Å². The van der Waals surface area contributed by atoms with E-state index in [1.807, 2.05) is 6.07 Å². The maximum absolute atomic E-state index is 13.1. The molecule has 0 aromatic heterocycles. The SMILES string of the molecule is O=C(O)CCCN(c1cccc(I)c1)S(=O)(=O)c1ccc(F)cc1. The van der Waals surface area contributed by atoms with Gasteiger partial charge in [0.25, 0.3) is 10.0 Å². The van der Waals surface area contributed by atoms with Gasteiger partial charge in [-0.05, 0) is 71.5 Å². The van der Waals surface area contributed by atoms with Crippen molar-refractivity contribution in [3.05, 3.63) is 57.9 Å². The Bertz CT molecular complexity index is 824. The number of rotatable bonds is 7. The smallest absolute Gasteiger partial charge is 0.303 e. The molecule has 2 aromatic carbocycles. The second-order valence-corrected chi connectivity index (χ2v) is 8.12. The predicted octanol–water partition coefficient (Wildman–Crippen LogP) is 3.49. The zero-order valence-electron chi connectivity index (χ0n) is 12.5. The number of benzene rings is 2. The topological polar surface area (TPSA) is 74.7 Å². The molecule has 0 atom stereocenters. The van der Waals surface area contributed by atoms with E-state index in [1.54, 1.807) is 18.2 Å². The Balaban J connectivity index is 2.40. The van der Waals surface area contributed by atoms with E-state index in [2.05, 4.69) is 22.6 Å². The standard InChI is InChI=1S/C16H15FINO4S/c17-12-6-8-15(9-7-12)24(22,23)19(10-2-5-16(20)21)14-4-1-3-13(18)11-14/h1,3-4,6-9,11H,2,5,10H2,(H,20,21). The quantitative estimate of drug-likeness (QED) is 0.639. The molecule has 0 aliphatic rings. The van der Waals surface area contributed by atoms with E-state index in [4.69, 9.17) is 5.11 Å². The lowest BCUT2D eigenvalue weighted by atomic mass is 10.3. The molecular formula is C16H15FINO4S. The van der Waals surface area contributed by atoms with Gasteiger partial charge in [0.15, 0.2) is 0 Å². The van der Waals surface area contributed by atoms with Gasteiger partial charge < -0.3 is 5.11 Å². The van der Waals surface area contributed by atoms with Gasteiger partial charge in [0, 0.05) is 16.5 Å². The van der Waals surface area contributed by atoms with Gasteiger partial charge in [-0.25, -0.2) is 12.8 Å². The van der Waals surface area contributed by atoms with Crippen molar-refractivity contribution in [2.45, 2.75) is 17.7 Å². The summed E-state index contributed by atoms with van der Waals surface area (Å²) in [4.78, 5) is 10.7. The van der Waals surface area contributed by atoms with Gasteiger partial charge in [-0.15, -0.1) is 0 Å². The lowest BCUT2D eigenvalue weighted by Gasteiger charge is -2.24. The van der Waals surface area contributed by atoms with Crippen molar-refractivity contribution >= 4 is 44.3 Å². The summed E-state index contributed by atoms with van der Waals surface area (Å²) in [6.45, 7) is 0.0199. The Morgan fingerprint density at radius 3 is 2.42 bits per heavy atom. The second kappa shape index (κ2) is 7.93. The van der Waals surface area contributed by atoms with E-state index in [-0.39, 0.29) is 24.3 Å². The summed E-state index contributed by atoms with van der Waals surface area (Å²) in [5.74, 6) is -1.52. The Kier molecular flexibility index (Phi) is 6.16. The number of halogens is 2. The number of carboxylic acid groups (broad SMARTS) is 1. The minimum atomic E-state index is -3.92. The van der Waals surface area contributed by atoms with E-state index in [0.717, 1.165) is 20.0 Å². The van der Waals surface area contributed by atoms with Crippen molar-refractivity contribution in [2.75, 3.05) is 10.8 Å². The van der Waals surface area contributed by atoms with E-state index in [9.17, 15) is 17.6 Å². The number of carbonyl (C=O) groups is 1. The zero-order chi connectivity index (χ0) is 17.7. The van der Waals surface area contributed by atoms with Crippen LogP contribution in [0.3, 0.4) is 0 Å².